The summed E-state index contributed by atoms with van der Waals surface area (Å²) in [5, 5.41) is 0.538. The summed E-state index contributed by atoms with van der Waals surface area (Å²) < 4.78 is 33.6. The topological polar surface area (TPSA) is 55.4 Å². The van der Waals surface area contributed by atoms with E-state index in [1.807, 2.05) is 0 Å². The van der Waals surface area contributed by atoms with Crippen molar-refractivity contribution >= 4 is 33.2 Å². The van der Waals surface area contributed by atoms with Crippen LogP contribution >= 0.6 is 23.2 Å². The standard InChI is InChI=1S/C18H23Cl2NO3S/c19-15-1-2-17(16(20)8-15)25(22,23)21-3-4-24-18-9-12-5-13(10-18)7-14(6-12)11-18/h1-2,8,12-14,21H,3-7,9-11H2. The molecule has 4 aliphatic carbocycles. The Morgan fingerprint density at radius 2 is 1.68 bits per heavy atom. The summed E-state index contributed by atoms with van der Waals surface area (Å²) in [5.41, 5.74) is -0.00188. The van der Waals surface area contributed by atoms with Crippen LogP contribution in [-0.2, 0) is 14.8 Å². The van der Waals surface area contributed by atoms with Gasteiger partial charge in [-0.3, -0.25) is 0 Å². The zero-order valence-electron chi connectivity index (χ0n) is 14.0. The third-order valence-electron chi connectivity index (χ3n) is 5.97. The van der Waals surface area contributed by atoms with E-state index >= 15 is 0 Å². The van der Waals surface area contributed by atoms with Crippen molar-refractivity contribution in [2.75, 3.05) is 13.2 Å². The summed E-state index contributed by atoms with van der Waals surface area (Å²) in [5.74, 6) is 2.45. The molecule has 1 aromatic rings. The Labute approximate surface area is 159 Å². The van der Waals surface area contributed by atoms with Crippen LogP contribution in [0.15, 0.2) is 23.1 Å². The number of sulfonamides is 1. The van der Waals surface area contributed by atoms with Gasteiger partial charge in [0.2, 0.25) is 10.0 Å². The van der Waals surface area contributed by atoms with Gasteiger partial charge in [-0.1, -0.05) is 23.2 Å². The summed E-state index contributed by atoms with van der Waals surface area (Å²) in [6.07, 6.45) is 7.54. The van der Waals surface area contributed by atoms with Crippen LogP contribution in [0, 0.1) is 17.8 Å². The minimum absolute atomic E-state index is 0.00188. The van der Waals surface area contributed by atoms with Gasteiger partial charge in [0.1, 0.15) is 4.90 Å². The Hall–Kier alpha value is -0.330. The molecule has 1 N–H and O–H groups in total. The number of ether oxygens (including phenoxy) is 1. The summed E-state index contributed by atoms with van der Waals surface area (Å²) in [4.78, 5) is 0.0494. The third kappa shape index (κ3) is 3.72. The highest BCUT2D eigenvalue weighted by Gasteiger charge is 2.51. The molecule has 0 radical (unpaired) electrons. The Bertz CT molecular complexity index is 730. The third-order valence-corrected chi connectivity index (χ3v) is 8.15. The minimum atomic E-state index is -3.66. The van der Waals surface area contributed by atoms with Gasteiger partial charge in [-0.05, 0) is 74.5 Å². The summed E-state index contributed by atoms with van der Waals surface area (Å²) in [7, 11) is -3.66. The van der Waals surface area contributed by atoms with Crippen LogP contribution in [-0.4, -0.2) is 27.2 Å². The van der Waals surface area contributed by atoms with E-state index in [2.05, 4.69) is 4.72 Å². The SMILES string of the molecule is O=S(=O)(NCCOC12CC3CC(CC(C3)C1)C2)c1ccc(Cl)cc1Cl. The van der Waals surface area contributed by atoms with E-state index in [9.17, 15) is 8.42 Å². The van der Waals surface area contributed by atoms with Gasteiger partial charge in [0, 0.05) is 11.6 Å². The first-order valence-corrected chi connectivity index (χ1v) is 11.2. The number of hydrogen-bond acceptors (Lipinski definition) is 3. The van der Waals surface area contributed by atoms with Crippen LogP contribution in [0.4, 0.5) is 0 Å². The molecule has 4 aliphatic rings. The maximum atomic E-state index is 12.4. The van der Waals surface area contributed by atoms with Crippen molar-refractivity contribution in [1.82, 2.24) is 4.72 Å². The fraction of sp³-hybridized carbons (Fsp3) is 0.667. The first-order valence-electron chi connectivity index (χ1n) is 8.94. The van der Waals surface area contributed by atoms with E-state index in [4.69, 9.17) is 27.9 Å². The number of nitrogens with one attached hydrogen (secondary N) is 1. The van der Waals surface area contributed by atoms with E-state index < -0.39 is 10.0 Å². The zero-order chi connectivity index (χ0) is 17.7. The molecule has 25 heavy (non-hydrogen) atoms. The summed E-state index contributed by atoms with van der Waals surface area (Å²) in [6.45, 7) is 0.652. The second-order valence-corrected chi connectivity index (χ2v) is 10.5. The highest BCUT2D eigenvalue weighted by Crippen LogP contribution is 2.57. The van der Waals surface area contributed by atoms with Gasteiger partial charge >= 0.3 is 0 Å². The lowest BCUT2D eigenvalue weighted by Crippen LogP contribution is -2.52. The van der Waals surface area contributed by atoms with Crippen molar-refractivity contribution in [2.45, 2.75) is 49.0 Å². The lowest BCUT2D eigenvalue weighted by atomic mass is 9.54. The molecule has 4 nitrogen and oxygen atoms in total. The van der Waals surface area contributed by atoms with Crippen molar-refractivity contribution in [2.24, 2.45) is 17.8 Å². The molecule has 138 valence electrons. The van der Waals surface area contributed by atoms with E-state index in [1.54, 1.807) is 0 Å². The predicted molar refractivity (Wildman–Crippen MR) is 98.5 cm³/mol. The van der Waals surface area contributed by atoms with Crippen LogP contribution in [0.1, 0.15) is 38.5 Å². The van der Waals surface area contributed by atoms with Crippen LogP contribution in [0.3, 0.4) is 0 Å². The first-order chi connectivity index (χ1) is 11.9. The van der Waals surface area contributed by atoms with E-state index in [0.717, 1.165) is 37.0 Å². The molecule has 5 rings (SSSR count). The first kappa shape index (κ1) is 18.1. The second-order valence-electron chi connectivity index (χ2n) is 7.92. The van der Waals surface area contributed by atoms with E-state index in [1.165, 1.54) is 37.5 Å². The molecular formula is C18H23Cl2NO3S. The number of rotatable bonds is 6. The zero-order valence-corrected chi connectivity index (χ0v) is 16.3. The Morgan fingerprint density at radius 1 is 1.08 bits per heavy atom. The maximum absolute atomic E-state index is 12.4. The molecule has 0 unspecified atom stereocenters. The highest BCUT2D eigenvalue weighted by atomic mass is 35.5. The minimum Gasteiger partial charge on any atom is -0.374 e. The highest BCUT2D eigenvalue weighted by molar-refractivity contribution is 7.89. The van der Waals surface area contributed by atoms with E-state index in [-0.39, 0.29) is 22.1 Å². The van der Waals surface area contributed by atoms with Crippen molar-refractivity contribution in [3.63, 3.8) is 0 Å². The molecule has 4 bridgehead atoms. The molecule has 0 spiro atoms. The Kier molecular flexibility index (Phi) is 4.82. The lowest BCUT2D eigenvalue weighted by Gasteiger charge is -2.56. The normalized spacial score (nSPS) is 33.8. The largest absolute Gasteiger partial charge is 0.374 e. The Balaban J connectivity index is 1.33. The molecule has 0 aliphatic heterocycles. The number of hydrogen-bond donors (Lipinski definition) is 1. The lowest BCUT2D eigenvalue weighted by molar-refractivity contribution is -0.160. The van der Waals surface area contributed by atoms with Gasteiger partial charge in [0.15, 0.2) is 0 Å². The number of halogens is 2. The van der Waals surface area contributed by atoms with Crippen molar-refractivity contribution in [3.05, 3.63) is 28.2 Å². The molecule has 7 heteroatoms. The van der Waals surface area contributed by atoms with Gasteiger partial charge in [0.05, 0.1) is 17.2 Å². The summed E-state index contributed by atoms with van der Waals surface area (Å²) >= 11 is 11.8. The van der Waals surface area contributed by atoms with Crippen LogP contribution < -0.4 is 4.72 Å². The molecule has 0 saturated heterocycles. The second kappa shape index (κ2) is 6.68. The number of benzene rings is 1. The van der Waals surface area contributed by atoms with Crippen LogP contribution in [0.5, 0.6) is 0 Å². The Morgan fingerprint density at radius 3 is 2.24 bits per heavy atom. The fourth-order valence-corrected chi connectivity index (χ4v) is 7.21. The molecule has 4 fully saturated rings. The van der Waals surface area contributed by atoms with Crippen molar-refractivity contribution in [3.8, 4) is 0 Å². The molecule has 0 atom stereocenters. The molecular weight excluding hydrogens is 381 g/mol. The monoisotopic (exact) mass is 403 g/mol. The van der Waals surface area contributed by atoms with Gasteiger partial charge in [-0.25, -0.2) is 13.1 Å². The van der Waals surface area contributed by atoms with Gasteiger partial charge in [-0.2, -0.15) is 0 Å². The molecule has 0 heterocycles. The smallest absolute Gasteiger partial charge is 0.242 e. The fourth-order valence-electron chi connectivity index (χ4n) is 5.42. The quantitative estimate of drug-likeness (QED) is 0.721. The maximum Gasteiger partial charge on any atom is 0.242 e. The molecule has 1 aromatic carbocycles. The van der Waals surface area contributed by atoms with Crippen molar-refractivity contribution < 1.29 is 13.2 Å². The van der Waals surface area contributed by atoms with Crippen LogP contribution in [0.25, 0.3) is 0 Å². The average Bonchev–Trinajstić information content (AvgIpc) is 2.50. The summed E-state index contributed by atoms with van der Waals surface area (Å²) in [6, 6.07) is 4.38. The van der Waals surface area contributed by atoms with Gasteiger partial charge in [0.25, 0.3) is 0 Å². The predicted octanol–water partition coefficient (Wildman–Crippen LogP) is 4.26. The average molecular weight is 404 g/mol. The molecule has 0 aromatic heterocycles. The van der Waals surface area contributed by atoms with E-state index in [0.29, 0.717) is 11.6 Å². The van der Waals surface area contributed by atoms with Gasteiger partial charge < -0.3 is 4.74 Å². The van der Waals surface area contributed by atoms with Crippen molar-refractivity contribution in [1.29, 1.82) is 0 Å². The van der Waals surface area contributed by atoms with Gasteiger partial charge in [-0.15, -0.1) is 0 Å². The van der Waals surface area contributed by atoms with Crippen LogP contribution in [0.2, 0.25) is 10.0 Å². The molecule has 4 saturated carbocycles. The molecule has 0 amide bonds.